The quantitative estimate of drug-likeness (QED) is 0.852. The monoisotopic (exact) mass is 295 g/mol. The maximum Gasteiger partial charge on any atom is 0.244 e. The number of halogens is 2. The first-order chi connectivity index (χ1) is 9.15. The van der Waals surface area contributed by atoms with Crippen LogP contribution in [0.2, 0.25) is 4.34 Å². The van der Waals surface area contributed by atoms with Crippen LogP contribution in [0, 0.1) is 5.82 Å². The van der Waals surface area contributed by atoms with Crippen LogP contribution < -0.4 is 5.32 Å². The van der Waals surface area contributed by atoms with Crippen molar-refractivity contribution in [2.45, 2.75) is 6.54 Å². The van der Waals surface area contributed by atoms with Gasteiger partial charge in [-0.25, -0.2) is 4.39 Å². The molecule has 5 heteroatoms. The van der Waals surface area contributed by atoms with Crippen molar-refractivity contribution in [1.29, 1.82) is 0 Å². The van der Waals surface area contributed by atoms with Crippen molar-refractivity contribution in [3.8, 4) is 0 Å². The summed E-state index contributed by atoms with van der Waals surface area (Å²) < 4.78 is 14.0. The summed E-state index contributed by atoms with van der Waals surface area (Å²) in [6, 6.07) is 9.94. The maximum absolute atomic E-state index is 13.3. The van der Waals surface area contributed by atoms with Gasteiger partial charge in [-0.15, -0.1) is 11.3 Å². The number of thiophene rings is 1. The van der Waals surface area contributed by atoms with Crippen LogP contribution in [0.5, 0.6) is 0 Å². The molecule has 0 radical (unpaired) electrons. The van der Waals surface area contributed by atoms with Gasteiger partial charge in [0.2, 0.25) is 5.91 Å². The fourth-order valence-corrected chi connectivity index (χ4v) is 2.42. The molecule has 1 amide bonds. The number of hydrogen-bond donors (Lipinski definition) is 1. The van der Waals surface area contributed by atoms with E-state index in [0.29, 0.717) is 9.90 Å². The smallest absolute Gasteiger partial charge is 0.244 e. The van der Waals surface area contributed by atoms with Crippen molar-refractivity contribution in [2.24, 2.45) is 0 Å². The molecule has 0 atom stereocenters. The van der Waals surface area contributed by atoms with E-state index in [1.807, 2.05) is 6.07 Å². The highest BCUT2D eigenvalue weighted by Gasteiger charge is 2.02. The lowest BCUT2D eigenvalue weighted by Crippen LogP contribution is -2.20. The van der Waals surface area contributed by atoms with Crippen molar-refractivity contribution < 1.29 is 9.18 Å². The second kappa shape index (κ2) is 6.50. The SMILES string of the molecule is O=C(/C=C\c1ccc(Cl)s1)NCc1ccccc1F. The van der Waals surface area contributed by atoms with E-state index in [9.17, 15) is 9.18 Å². The second-order valence-electron chi connectivity index (χ2n) is 3.78. The highest BCUT2D eigenvalue weighted by atomic mass is 35.5. The van der Waals surface area contributed by atoms with Gasteiger partial charge in [0, 0.05) is 23.1 Å². The van der Waals surface area contributed by atoms with Crippen molar-refractivity contribution in [2.75, 3.05) is 0 Å². The predicted molar refractivity (Wildman–Crippen MR) is 76.6 cm³/mol. The van der Waals surface area contributed by atoms with Gasteiger partial charge < -0.3 is 5.32 Å². The summed E-state index contributed by atoms with van der Waals surface area (Å²) in [7, 11) is 0. The fraction of sp³-hybridized carbons (Fsp3) is 0.0714. The lowest BCUT2D eigenvalue weighted by molar-refractivity contribution is -0.116. The first-order valence-corrected chi connectivity index (χ1v) is 6.79. The molecule has 2 rings (SSSR count). The van der Waals surface area contributed by atoms with Gasteiger partial charge in [0.25, 0.3) is 0 Å². The molecule has 19 heavy (non-hydrogen) atoms. The summed E-state index contributed by atoms with van der Waals surface area (Å²) in [5, 5.41) is 2.62. The zero-order chi connectivity index (χ0) is 13.7. The third-order valence-corrected chi connectivity index (χ3v) is 3.60. The average Bonchev–Trinajstić information content (AvgIpc) is 2.81. The molecule has 2 nitrogen and oxygen atoms in total. The molecule has 1 heterocycles. The summed E-state index contributed by atoms with van der Waals surface area (Å²) in [6.07, 6.45) is 3.08. The van der Waals surface area contributed by atoms with Crippen LogP contribution in [-0.4, -0.2) is 5.91 Å². The normalized spacial score (nSPS) is 10.8. The third kappa shape index (κ3) is 4.19. The highest BCUT2D eigenvalue weighted by molar-refractivity contribution is 7.17. The largest absolute Gasteiger partial charge is 0.348 e. The Labute approximate surface area is 119 Å². The Morgan fingerprint density at radius 1 is 1.32 bits per heavy atom. The molecule has 1 aromatic carbocycles. The molecule has 0 unspecified atom stereocenters. The number of carbonyl (C=O) groups is 1. The minimum Gasteiger partial charge on any atom is -0.348 e. The number of nitrogens with one attached hydrogen (secondary N) is 1. The minimum atomic E-state index is -0.322. The van der Waals surface area contributed by atoms with Gasteiger partial charge >= 0.3 is 0 Å². The second-order valence-corrected chi connectivity index (χ2v) is 5.53. The standard InChI is InChI=1S/C14H11ClFNOS/c15-13-7-5-11(19-13)6-8-14(18)17-9-10-3-1-2-4-12(10)16/h1-8H,9H2,(H,17,18)/b8-6-. The number of amides is 1. The van der Waals surface area contributed by atoms with E-state index in [1.165, 1.54) is 23.5 Å². The van der Waals surface area contributed by atoms with Gasteiger partial charge in [0.05, 0.1) is 4.34 Å². The molecule has 0 fully saturated rings. The number of carbonyl (C=O) groups excluding carboxylic acids is 1. The van der Waals surface area contributed by atoms with Crippen molar-refractivity contribution in [1.82, 2.24) is 5.32 Å². The Morgan fingerprint density at radius 3 is 2.79 bits per heavy atom. The van der Waals surface area contributed by atoms with Crippen LogP contribution >= 0.6 is 22.9 Å². The van der Waals surface area contributed by atoms with Crippen LogP contribution in [0.3, 0.4) is 0 Å². The zero-order valence-corrected chi connectivity index (χ0v) is 11.5. The molecule has 0 bridgehead atoms. The molecule has 1 N–H and O–H groups in total. The molecular formula is C14H11ClFNOS. The zero-order valence-electron chi connectivity index (χ0n) is 9.90. The molecule has 0 aliphatic carbocycles. The van der Waals surface area contributed by atoms with Crippen molar-refractivity contribution >= 4 is 34.9 Å². The van der Waals surface area contributed by atoms with Gasteiger partial charge in [-0.1, -0.05) is 29.8 Å². The summed E-state index contributed by atoms with van der Waals surface area (Å²) in [4.78, 5) is 12.5. The molecule has 0 spiro atoms. The predicted octanol–water partition coefficient (Wildman–Crippen LogP) is 3.87. The van der Waals surface area contributed by atoms with Gasteiger partial charge in [0.1, 0.15) is 5.82 Å². The van der Waals surface area contributed by atoms with Crippen molar-refractivity contribution in [3.63, 3.8) is 0 Å². The van der Waals surface area contributed by atoms with Crippen LogP contribution in [0.25, 0.3) is 6.08 Å². The fourth-order valence-electron chi connectivity index (χ4n) is 1.46. The van der Waals surface area contributed by atoms with Gasteiger partial charge in [-0.3, -0.25) is 4.79 Å². The molecule has 1 aromatic heterocycles. The van der Waals surface area contributed by atoms with E-state index in [2.05, 4.69) is 5.32 Å². The Hall–Kier alpha value is -1.65. The molecular weight excluding hydrogens is 285 g/mol. The Balaban J connectivity index is 1.88. The van der Waals surface area contributed by atoms with E-state index in [-0.39, 0.29) is 18.3 Å². The molecule has 98 valence electrons. The van der Waals surface area contributed by atoms with E-state index < -0.39 is 0 Å². The maximum atomic E-state index is 13.3. The number of rotatable bonds is 4. The minimum absolute atomic E-state index is 0.168. The van der Waals surface area contributed by atoms with Gasteiger partial charge in [-0.2, -0.15) is 0 Å². The Morgan fingerprint density at radius 2 is 2.11 bits per heavy atom. The Bertz CT molecular complexity index is 609. The molecule has 0 aliphatic rings. The van der Waals surface area contributed by atoms with Crippen molar-refractivity contribution in [3.05, 3.63) is 63.1 Å². The van der Waals surface area contributed by atoms with Gasteiger partial charge in [0.15, 0.2) is 0 Å². The van der Waals surface area contributed by atoms with Crippen LogP contribution in [0.4, 0.5) is 4.39 Å². The van der Waals surface area contributed by atoms with Crippen LogP contribution in [0.15, 0.2) is 42.5 Å². The van der Waals surface area contributed by atoms with Crippen LogP contribution in [0.1, 0.15) is 10.4 Å². The number of benzene rings is 1. The first kappa shape index (κ1) is 13.8. The van der Waals surface area contributed by atoms with Crippen LogP contribution in [-0.2, 0) is 11.3 Å². The lowest BCUT2D eigenvalue weighted by atomic mass is 10.2. The van der Waals surface area contributed by atoms with E-state index in [4.69, 9.17) is 11.6 Å². The van der Waals surface area contributed by atoms with E-state index >= 15 is 0 Å². The molecule has 0 saturated heterocycles. The van der Waals surface area contributed by atoms with E-state index in [0.717, 1.165) is 4.88 Å². The van der Waals surface area contributed by atoms with E-state index in [1.54, 1.807) is 30.3 Å². The molecule has 0 saturated carbocycles. The summed E-state index contributed by atoms with van der Waals surface area (Å²) in [5.74, 6) is -0.593. The summed E-state index contributed by atoms with van der Waals surface area (Å²) in [6.45, 7) is 0.168. The average molecular weight is 296 g/mol. The summed E-state index contributed by atoms with van der Waals surface area (Å²) >= 11 is 7.16. The first-order valence-electron chi connectivity index (χ1n) is 5.60. The topological polar surface area (TPSA) is 29.1 Å². The Kier molecular flexibility index (Phi) is 4.71. The molecule has 2 aromatic rings. The number of hydrogen-bond acceptors (Lipinski definition) is 2. The van der Waals surface area contributed by atoms with Gasteiger partial charge in [-0.05, 0) is 24.3 Å². The lowest BCUT2D eigenvalue weighted by Gasteiger charge is -2.03. The highest BCUT2D eigenvalue weighted by Crippen LogP contribution is 2.22. The molecule has 0 aliphatic heterocycles. The summed E-state index contributed by atoms with van der Waals surface area (Å²) in [5.41, 5.74) is 0.461. The third-order valence-electron chi connectivity index (χ3n) is 2.40.